The van der Waals surface area contributed by atoms with E-state index in [2.05, 4.69) is 353 Å². The topological polar surface area (TPSA) is 39.4 Å². The quantitative estimate of drug-likeness (QED) is 0.152. The van der Waals surface area contributed by atoms with Crippen LogP contribution in [0.5, 0.6) is 0 Å². The molecule has 0 atom stereocenters. The van der Waals surface area contributed by atoms with Crippen LogP contribution in [0, 0.1) is 62.3 Å². The molecule has 0 fully saturated rings. The fourth-order valence-corrected chi connectivity index (χ4v) is 17.8. The van der Waals surface area contributed by atoms with E-state index in [-0.39, 0.29) is 0 Å². The van der Waals surface area contributed by atoms with Crippen LogP contribution in [0.3, 0.4) is 0 Å². The summed E-state index contributed by atoms with van der Waals surface area (Å²) in [5.41, 5.74) is 17.6. The number of benzene rings is 17. The number of rotatable bonds is 0. The second kappa shape index (κ2) is 35.1. The lowest BCUT2D eigenvalue weighted by Crippen LogP contribution is -1.75. The van der Waals surface area contributed by atoms with Crippen LogP contribution in [0.25, 0.3) is 148 Å². The van der Waals surface area contributed by atoms with Crippen LogP contribution in [-0.2, 0) is 0 Å². The molecule has 0 amide bonds. The maximum absolute atomic E-state index is 5.78. The number of furan rings is 3. The van der Waals surface area contributed by atoms with Crippen molar-refractivity contribution in [3.63, 3.8) is 0 Å². The zero-order chi connectivity index (χ0) is 77.7. The Morgan fingerprint density at radius 1 is 0.168 bits per heavy atom. The Kier molecular flexibility index (Phi) is 23.5. The second-order valence-corrected chi connectivity index (χ2v) is 32.0. The highest BCUT2D eigenvalue weighted by molar-refractivity contribution is 7.26. The summed E-state index contributed by atoms with van der Waals surface area (Å²) in [4.78, 5) is 0. The van der Waals surface area contributed by atoms with E-state index in [1.807, 2.05) is 113 Å². The summed E-state index contributed by atoms with van der Waals surface area (Å²) in [5, 5.41) is 20.9. The van der Waals surface area contributed by atoms with Gasteiger partial charge in [0.1, 0.15) is 33.5 Å². The summed E-state index contributed by atoms with van der Waals surface area (Å²) < 4.78 is 25.6. The SMILES string of the molecule is Cc1ccc2c(c1)oc1ccccc12.Cc1ccc2c(c1)sc1ccccc12.Cc1ccc2ccccc2c1.Cc1ccc2oc3ccccc3c2c1.Cc1ccc2sc3ccccc3c2c1.Cc1cccc2c1oc1ccccc12.Cc1cccc2c1sc1ccccc12.Cc1cccc2ccccc12.Cc1ccccc1. The second-order valence-electron chi connectivity index (χ2n) is 28.8. The van der Waals surface area contributed by atoms with E-state index in [4.69, 9.17) is 13.3 Å². The predicted octanol–water partition coefficient (Wildman–Crippen LogP) is 33.1. The number of hydrogen-bond acceptors (Lipinski definition) is 6. The first-order valence-corrected chi connectivity index (χ1v) is 40.9. The van der Waals surface area contributed by atoms with Crippen LogP contribution in [0.1, 0.15) is 50.1 Å². The number of hydrogen-bond donors (Lipinski definition) is 0. The van der Waals surface area contributed by atoms with Crippen LogP contribution < -0.4 is 0 Å². The molecule has 0 saturated heterocycles. The number of aryl methyl sites for hydroxylation is 9. The van der Waals surface area contributed by atoms with Gasteiger partial charge in [-0.05, 0) is 184 Å². The third-order valence-electron chi connectivity index (χ3n) is 20.2. The minimum atomic E-state index is 0.966. The molecule has 0 aliphatic heterocycles. The van der Waals surface area contributed by atoms with Crippen molar-refractivity contribution in [1.29, 1.82) is 0 Å². The van der Waals surface area contributed by atoms with E-state index in [1.54, 1.807) is 0 Å². The maximum atomic E-state index is 5.78. The smallest absolute Gasteiger partial charge is 0.138 e. The molecule has 0 bridgehead atoms. The molecular formula is C107H88O3S3. The Morgan fingerprint density at radius 2 is 0.549 bits per heavy atom. The van der Waals surface area contributed by atoms with Gasteiger partial charge in [0.05, 0.1) is 0 Å². The van der Waals surface area contributed by atoms with Gasteiger partial charge in [0, 0.05) is 92.8 Å². The first-order chi connectivity index (χ1) is 55.2. The van der Waals surface area contributed by atoms with Gasteiger partial charge in [-0.2, -0.15) is 0 Å². The third-order valence-corrected chi connectivity index (χ3v) is 23.8. The fraction of sp³-hybridized carbons (Fsp3) is 0.0841. The number of fused-ring (bicyclic) bond motifs is 20. The minimum Gasteiger partial charge on any atom is -0.456 e. The van der Waals surface area contributed by atoms with Crippen LogP contribution in [0.15, 0.2) is 383 Å². The van der Waals surface area contributed by atoms with E-state index in [0.717, 1.165) is 33.5 Å². The van der Waals surface area contributed by atoms with E-state index >= 15 is 0 Å². The van der Waals surface area contributed by atoms with Gasteiger partial charge in [0.2, 0.25) is 0 Å². The summed E-state index contributed by atoms with van der Waals surface area (Å²) in [7, 11) is 0. The van der Waals surface area contributed by atoms with Crippen LogP contribution in [0.4, 0.5) is 0 Å². The molecule has 23 aromatic rings. The summed E-state index contributed by atoms with van der Waals surface area (Å²) in [6.45, 7) is 19.1. The third kappa shape index (κ3) is 17.7. The van der Waals surface area contributed by atoms with Gasteiger partial charge in [-0.25, -0.2) is 0 Å². The predicted molar refractivity (Wildman–Crippen MR) is 496 cm³/mol. The maximum Gasteiger partial charge on any atom is 0.138 e. The van der Waals surface area contributed by atoms with Crippen LogP contribution in [0.2, 0.25) is 0 Å². The molecule has 6 heteroatoms. The first-order valence-electron chi connectivity index (χ1n) is 38.4. The summed E-state index contributed by atoms with van der Waals surface area (Å²) in [6.07, 6.45) is 0. The highest BCUT2D eigenvalue weighted by Gasteiger charge is 2.11. The normalized spacial score (nSPS) is 10.9. The van der Waals surface area contributed by atoms with E-state index in [9.17, 15) is 0 Å². The average molecular weight is 1520 g/mol. The molecule has 552 valence electrons. The molecule has 0 aliphatic carbocycles. The Balaban J connectivity index is 0.000000101. The molecule has 0 saturated carbocycles. The highest BCUT2D eigenvalue weighted by atomic mass is 32.1. The lowest BCUT2D eigenvalue weighted by Gasteiger charge is -1.98. The summed E-state index contributed by atoms with van der Waals surface area (Å²) in [5.74, 6) is 0. The summed E-state index contributed by atoms with van der Waals surface area (Å²) >= 11 is 5.63. The molecule has 6 heterocycles. The molecule has 0 radical (unpaired) electrons. The van der Waals surface area contributed by atoms with Gasteiger partial charge >= 0.3 is 0 Å². The Labute approximate surface area is 672 Å². The molecule has 0 aliphatic rings. The van der Waals surface area contributed by atoms with Crippen molar-refractivity contribution in [3.05, 3.63) is 420 Å². The lowest BCUT2D eigenvalue weighted by atomic mass is 10.1. The van der Waals surface area contributed by atoms with Gasteiger partial charge in [0.15, 0.2) is 0 Å². The van der Waals surface area contributed by atoms with Crippen LogP contribution in [-0.4, -0.2) is 0 Å². The van der Waals surface area contributed by atoms with Crippen molar-refractivity contribution in [1.82, 2.24) is 0 Å². The molecule has 6 aromatic heterocycles. The van der Waals surface area contributed by atoms with Crippen molar-refractivity contribution in [2.45, 2.75) is 62.3 Å². The van der Waals surface area contributed by atoms with Gasteiger partial charge < -0.3 is 13.3 Å². The zero-order valence-electron chi connectivity index (χ0n) is 65.2. The highest BCUT2D eigenvalue weighted by Crippen LogP contribution is 2.38. The van der Waals surface area contributed by atoms with Gasteiger partial charge in [-0.1, -0.05) is 320 Å². The largest absolute Gasteiger partial charge is 0.456 e. The van der Waals surface area contributed by atoms with E-state index < -0.39 is 0 Å². The monoisotopic (exact) mass is 1520 g/mol. The first kappa shape index (κ1) is 75.7. The van der Waals surface area contributed by atoms with Crippen molar-refractivity contribution in [3.8, 4) is 0 Å². The van der Waals surface area contributed by atoms with Crippen molar-refractivity contribution < 1.29 is 13.3 Å². The molecule has 3 nitrogen and oxygen atoms in total. The minimum absolute atomic E-state index is 0.966. The van der Waals surface area contributed by atoms with Gasteiger partial charge in [-0.3, -0.25) is 0 Å². The van der Waals surface area contributed by atoms with Crippen LogP contribution >= 0.6 is 34.0 Å². The Bertz CT molecular complexity index is 6820. The van der Waals surface area contributed by atoms with Crippen molar-refractivity contribution in [2.75, 3.05) is 0 Å². The van der Waals surface area contributed by atoms with E-state index in [0.29, 0.717) is 0 Å². The lowest BCUT2D eigenvalue weighted by molar-refractivity contribution is 0.665. The fourth-order valence-electron chi connectivity index (χ4n) is 14.4. The van der Waals surface area contributed by atoms with Gasteiger partial charge in [0.25, 0.3) is 0 Å². The molecule has 0 spiro atoms. The zero-order valence-corrected chi connectivity index (χ0v) is 67.6. The average Bonchev–Trinajstić information content (AvgIpc) is 1.66. The Hall–Kier alpha value is -12.7. The molecular weight excluding hydrogens is 1430 g/mol. The number of thiophene rings is 3. The molecule has 17 aromatic carbocycles. The molecule has 0 N–H and O–H groups in total. The van der Waals surface area contributed by atoms with Gasteiger partial charge in [-0.15, -0.1) is 34.0 Å². The molecule has 23 rings (SSSR count). The Morgan fingerprint density at radius 3 is 1.20 bits per heavy atom. The summed E-state index contributed by atoms with van der Waals surface area (Å²) in [6, 6.07) is 129. The molecule has 0 unspecified atom stereocenters. The van der Waals surface area contributed by atoms with Crippen molar-refractivity contribution in [2.24, 2.45) is 0 Å². The van der Waals surface area contributed by atoms with E-state index in [1.165, 1.54) is 164 Å². The molecule has 113 heavy (non-hydrogen) atoms. The van der Waals surface area contributed by atoms with Crippen molar-refractivity contribution >= 4 is 182 Å². The number of para-hydroxylation sites is 4. The standard InChI is InChI=1S/3C13H10O.3C13H10S.2C11H10.C7H8/c1-9-5-4-7-11-10-6-2-3-8-12(10)14-13(9)11;1-9-6-7-13-11(8-9)10-4-2-3-5-12(10)14-13;1-9-6-7-11-10-4-2-3-5-12(10)14-13(11)8-9;1-9-5-4-7-11-10-6-2-3-8-12(10)14-13(9)11;1-9-6-7-13-11(8-9)10-4-2-3-5-12(10)14-13;1-9-6-7-11-10-4-2-3-5-12(10)14-13(11)8-9;1-9-5-4-7-10-6-2-3-8-11(9)10;1-9-6-7-10-4-2-3-5-11(10)8-9;1-7-5-3-2-4-6-7/h6*2-8H,1H3;2*2-8H,1H3;2-6H,1H3.